The molecule has 0 fully saturated rings. The van der Waals surface area contributed by atoms with Crippen LogP contribution in [0.2, 0.25) is 15.1 Å². The minimum absolute atomic E-state index is 0.552. The lowest BCUT2D eigenvalue weighted by Crippen LogP contribution is -2.01. The monoisotopic (exact) mass is 365 g/mol. The minimum atomic E-state index is 0.552. The van der Waals surface area contributed by atoms with Gasteiger partial charge in [0, 0.05) is 27.7 Å². The van der Waals surface area contributed by atoms with E-state index in [2.05, 4.69) is 17.2 Å². The van der Waals surface area contributed by atoms with Gasteiger partial charge in [0.2, 0.25) is 0 Å². The molecule has 0 amide bonds. The number of aryl methyl sites for hydroxylation is 1. The van der Waals surface area contributed by atoms with Crippen LogP contribution in [-0.4, -0.2) is 15.0 Å². The van der Waals surface area contributed by atoms with Gasteiger partial charge in [0.15, 0.2) is 0 Å². The second kappa shape index (κ2) is 6.91. The number of rotatable bonds is 4. The molecule has 2 aromatic carbocycles. The maximum absolute atomic E-state index is 6.35. The van der Waals surface area contributed by atoms with Crippen molar-refractivity contribution in [3.8, 4) is 22.5 Å². The first-order valence-electron chi connectivity index (χ1n) is 7.25. The zero-order valence-electron chi connectivity index (χ0n) is 12.4. The maximum Gasteiger partial charge on any atom is 0.122 e. The zero-order chi connectivity index (χ0) is 16.4. The van der Waals surface area contributed by atoms with Crippen molar-refractivity contribution in [3.05, 3.63) is 57.5 Å². The van der Waals surface area contributed by atoms with Crippen LogP contribution in [0.25, 0.3) is 22.5 Å². The molecule has 0 spiro atoms. The van der Waals surface area contributed by atoms with Crippen molar-refractivity contribution >= 4 is 34.8 Å². The van der Waals surface area contributed by atoms with Crippen LogP contribution in [0.4, 0.5) is 0 Å². The van der Waals surface area contributed by atoms with E-state index in [9.17, 15) is 0 Å². The van der Waals surface area contributed by atoms with Crippen LogP contribution < -0.4 is 0 Å². The normalized spacial score (nSPS) is 11.0. The molecule has 6 heteroatoms. The lowest BCUT2D eigenvalue weighted by molar-refractivity contribution is 0.584. The summed E-state index contributed by atoms with van der Waals surface area (Å²) in [4.78, 5) is 0. The summed E-state index contributed by atoms with van der Waals surface area (Å²) in [6.07, 6.45) is 0.956. The predicted octanol–water partition coefficient (Wildman–Crippen LogP) is 5.98. The van der Waals surface area contributed by atoms with E-state index in [1.807, 2.05) is 35.0 Å². The molecule has 0 atom stereocenters. The summed E-state index contributed by atoms with van der Waals surface area (Å²) < 4.78 is 1.89. The van der Waals surface area contributed by atoms with Crippen LogP contribution in [0.1, 0.15) is 13.3 Å². The molecule has 1 aromatic heterocycles. The number of benzene rings is 2. The Morgan fingerprint density at radius 3 is 2.30 bits per heavy atom. The fourth-order valence-corrected chi connectivity index (χ4v) is 3.06. The highest BCUT2D eigenvalue weighted by Gasteiger charge is 2.18. The summed E-state index contributed by atoms with van der Waals surface area (Å²) in [5.41, 5.74) is 3.47. The van der Waals surface area contributed by atoms with Gasteiger partial charge in [-0.25, -0.2) is 4.68 Å². The topological polar surface area (TPSA) is 30.7 Å². The maximum atomic E-state index is 6.35. The van der Waals surface area contributed by atoms with Gasteiger partial charge in [-0.1, -0.05) is 59.1 Å². The van der Waals surface area contributed by atoms with E-state index in [4.69, 9.17) is 34.8 Å². The van der Waals surface area contributed by atoms with Gasteiger partial charge >= 0.3 is 0 Å². The van der Waals surface area contributed by atoms with Gasteiger partial charge in [0.25, 0.3) is 0 Å². The van der Waals surface area contributed by atoms with E-state index in [-0.39, 0.29) is 0 Å². The van der Waals surface area contributed by atoms with Crippen molar-refractivity contribution in [1.29, 1.82) is 0 Å². The van der Waals surface area contributed by atoms with Crippen LogP contribution in [0, 0.1) is 0 Å². The van der Waals surface area contributed by atoms with Crippen molar-refractivity contribution in [2.75, 3.05) is 0 Å². The molecule has 3 aromatic rings. The molecule has 0 aliphatic rings. The standard InChI is InChI=1S/C17H14Cl3N3/c1-2-9-23-17(11-3-5-12(18)6-4-11)16(21-22-23)14-8-7-13(19)10-15(14)20/h3-8,10H,2,9H2,1H3. The summed E-state index contributed by atoms with van der Waals surface area (Å²) >= 11 is 18.3. The van der Waals surface area contributed by atoms with Gasteiger partial charge < -0.3 is 0 Å². The third-order valence-electron chi connectivity index (χ3n) is 3.47. The summed E-state index contributed by atoms with van der Waals surface area (Å²) in [7, 11) is 0. The minimum Gasteiger partial charge on any atom is -0.244 e. The highest BCUT2D eigenvalue weighted by molar-refractivity contribution is 6.36. The van der Waals surface area contributed by atoms with E-state index in [1.165, 1.54) is 0 Å². The van der Waals surface area contributed by atoms with Crippen molar-refractivity contribution in [2.24, 2.45) is 0 Å². The Labute approximate surface area is 149 Å². The van der Waals surface area contributed by atoms with E-state index in [0.717, 1.165) is 35.5 Å². The smallest absolute Gasteiger partial charge is 0.122 e. The first-order chi connectivity index (χ1) is 11.1. The van der Waals surface area contributed by atoms with Gasteiger partial charge in [-0.05, 0) is 36.8 Å². The predicted molar refractivity (Wildman–Crippen MR) is 96.2 cm³/mol. The van der Waals surface area contributed by atoms with Gasteiger partial charge in [-0.2, -0.15) is 0 Å². The fourth-order valence-electron chi connectivity index (χ4n) is 2.44. The molecular weight excluding hydrogens is 353 g/mol. The van der Waals surface area contributed by atoms with Gasteiger partial charge in [-0.15, -0.1) is 5.10 Å². The first kappa shape index (κ1) is 16.3. The molecule has 0 aliphatic heterocycles. The Kier molecular flexibility index (Phi) is 4.90. The molecule has 1 heterocycles. The van der Waals surface area contributed by atoms with Gasteiger partial charge in [-0.3, -0.25) is 0 Å². The van der Waals surface area contributed by atoms with Crippen molar-refractivity contribution in [3.63, 3.8) is 0 Å². The summed E-state index contributed by atoms with van der Waals surface area (Å²) in [6.45, 7) is 2.87. The highest BCUT2D eigenvalue weighted by atomic mass is 35.5. The van der Waals surface area contributed by atoms with Crippen LogP contribution in [0.3, 0.4) is 0 Å². The van der Waals surface area contributed by atoms with E-state index in [0.29, 0.717) is 15.1 Å². The second-order valence-electron chi connectivity index (χ2n) is 5.14. The largest absolute Gasteiger partial charge is 0.244 e. The number of aromatic nitrogens is 3. The van der Waals surface area contributed by atoms with Crippen molar-refractivity contribution in [1.82, 2.24) is 15.0 Å². The summed E-state index contributed by atoms with van der Waals surface area (Å²) in [5.74, 6) is 0. The molecule has 0 aliphatic carbocycles. The molecular formula is C17H14Cl3N3. The average Bonchev–Trinajstić information content (AvgIpc) is 2.92. The lowest BCUT2D eigenvalue weighted by atomic mass is 10.0. The number of nitrogens with zero attached hydrogens (tertiary/aromatic N) is 3. The Bertz CT molecular complexity index is 826. The summed E-state index contributed by atoms with van der Waals surface area (Å²) in [6, 6.07) is 13.0. The third-order valence-corrected chi connectivity index (χ3v) is 4.27. The quantitative estimate of drug-likeness (QED) is 0.568. The van der Waals surface area contributed by atoms with E-state index >= 15 is 0 Å². The van der Waals surface area contributed by atoms with Crippen LogP contribution in [0.15, 0.2) is 42.5 Å². The molecule has 0 N–H and O–H groups in total. The first-order valence-corrected chi connectivity index (χ1v) is 8.38. The Hall–Kier alpha value is -1.55. The Balaban J connectivity index is 2.19. The summed E-state index contributed by atoms with van der Waals surface area (Å²) in [5, 5.41) is 10.5. The molecule has 0 radical (unpaired) electrons. The van der Waals surface area contributed by atoms with Crippen LogP contribution in [-0.2, 0) is 6.54 Å². The Morgan fingerprint density at radius 1 is 0.957 bits per heavy atom. The Morgan fingerprint density at radius 2 is 1.65 bits per heavy atom. The van der Waals surface area contributed by atoms with Gasteiger partial charge in [0.1, 0.15) is 5.69 Å². The van der Waals surface area contributed by atoms with Crippen molar-refractivity contribution in [2.45, 2.75) is 19.9 Å². The molecule has 0 saturated heterocycles. The molecule has 0 saturated carbocycles. The molecule has 0 bridgehead atoms. The van der Waals surface area contributed by atoms with E-state index < -0.39 is 0 Å². The van der Waals surface area contributed by atoms with Gasteiger partial charge in [0.05, 0.1) is 10.7 Å². The second-order valence-corrected chi connectivity index (χ2v) is 6.42. The molecule has 23 heavy (non-hydrogen) atoms. The molecule has 3 nitrogen and oxygen atoms in total. The molecule has 3 rings (SSSR count). The SMILES string of the molecule is CCCn1nnc(-c2ccc(Cl)cc2Cl)c1-c1ccc(Cl)cc1. The third kappa shape index (κ3) is 3.37. The number of halogens is 3. The van der Waals surface area contributed by atoms with Crippen LogP contribution >= 0.6 is 34.8 Å². The highest BCUT2D eigenvalue weighted by Crippen LogP contribution is 2.36. The van der Waals surface area contributed by atoms with E-state index in [1.54, 1.807) is 12.1 Å². The molecule has 0 unspecified atom stereocenters. The zero-order valence-corrected chi connectivity index (χ0v) is 14.7. The number of hydrogen-bond acceptors (Lipinski definition) is 2. The number of hydrogen-bond donors (Lipinski definition) is 0. The average molecular weight is 367 g/mol. The van der Waals surface area contributed by atoms with Crippen LogP contribution in [0.5, 0.6) is 0 Å². The lowest BCUT2D eigenvalue weighted by Gasteiger charge is -2.09. The fraction of sp³-hybridized carbons (Fsp3) is 0.176. The molecule has 118 valence electrons. The van der Waals surface area contributed by atoms with Crippen molar-refractivity contribution < 1.29 is 0 Å².